The first-order chi connectivity index (χ1) is 15.5. The molecule has 172 valence electrons. The van der Waals surface area contributed by atoms with Gasteiger partial charge in [0.1, 0.15) is 5.75 Å². The van der Waals surface area contributed by atoms with Crippen LogP contribution in [-0.2, 0) is 4.79 Å². The quantitative estimate of drug-likeness (QED) is 0.569. The molecule has 6 heteroatoms. The zero-order valence-corrected chi connectivity index (χ0v) is 19.5. The van der Waals surface area contributed by atoms with E-state index in [1.54, 1.807) is 20.3 Å². The van der Waals surface area contributed by atoms with Crippen LogP contribution in [0.1, 0.15) is 25.8 Å². The molecule has 3 rings (SSSR count). The number of carbonyl (C=O) groups is 1. The zero-order chi connectivity index (χ0) is 22.9. The van der Waals surface area contributed by atoms with Crippen LogP contribution in [0, 0.1) is 5.92 Å². The predicted octanol–water partition coefficient (Wildman–Crippen LogP) is 4.49. The normalized spacial score (nSPS) is 14.5. The number of ether oxygens (including phenoxy) is 3. The highest BCUT2D eigenvalue weighted by Gasteiger charge is 2.18. The van der Waals surface area contributed by atoms with E-state index in [-0.39, 0.29) is 5.91 Å². The Morgan fingerprint density at radius 3 is 2.44 bits per heavy atom. The number of hydrogen-bond donors (Lipinski definition) is 0. The second kappa shape index (κ2) is 11.5. The lowest BCUT2D eigenvalue weighted by molar-refractivity contribution is -0.125. The maximum absolute atomic E-state index is 12.8. The molecule has 0 spiro atoms. The maximum atomic E-state index is 12.8. The van der Waals surface area contributed by atoms with Crippen LogP contribution in [-0.4, -0.2) is 57.8 Å². The van der Waals surface area contributed by atoms with Crippen LogP contribution >= 0.6 is 0 Å². The first-order valence-corrected chi connectivity index (χ1v) is 11.2. The van der Waals surface area contributed by atoms with Crippen molar-refractivity contribution in [3.8, 4) is 17.2 Å². The Kier molecular flexibility index (Phi) is 8.42. The van der Waals surface area contributed by atoms with E-state index < -0.39 is 0 Å². The molecule has 1 saturated heterocycles. The minimum Gasteiger partial charge on any atom is -0.497 e. The van der Waals surface area contributed by atoms with Crippen molar-refractivity contribution in [2.75, 3.05) is 51.9 Å². The number of amides is 1. The summed E-state index contributed by atoms with van der Waals surface area (Å²) in [4.78, 5) is 17.0. The van der Waals surface area contributed by atoms with Gasteiger partial charge in [0.15, 0.2) is 11.5 Å². The number of carbonyl (C=O) groups excluding carboxylic acids is 1. The monoisotopic (exact) mass is 438 g/mol. The van der Waals surface area contributed by atoms with Crippen LogP contribution in [0.15, 0.2) is 48.5 Å². The summed E-state index contributed by atoms with van der Waals surface area (Å²) in [5.41, 5.74) is 2.06. The molecule has 0 saturated carbocycles. The molecular weight excluding hydrogens is 404 g/mol. The van der Waals surface area contributed by atoms with Gasteiger partial charge in [0, 0.05) is 37.9 Å². The van der Waals surface area contributed by atoms with Crippen molar-refractivity contribution in [2.45, 2.75) is 20.3 Å². The fourth-order valence-electron chi connectivity index (χ4n) is 3.63. The van der Waals surface area contributed by atoms with Gasteiger partial charge in [0.2, 0.25) is 5.91 Å². The molecule has 0 unspecified atom stereocenters. The summed E-state index contributed by atoms with van der Waals surface area (Å²) in [7, 11) is 3.30. The molecule has 2 aromatic carbocycles. The molecule has 0 radical (unpaired) electrons. The van der Waals surface area contributed by atoms with E-state index in [0.717, 1.165) is 48.8 Å². The fraction of sp³-hybridized carbons (Fsp3) is 0.423. The molecule has 1 heterocycles. The fourth-order valence-corrected chi connectivity index (χ4v) is 3.63. The third-order valence-electron chi connectivity index (χ3n) is 5.42. The van der Waals surface area contributed by atoms with Crippen LogP contribution in [0.25, 0.3) is 6.08 Å². The van der Waals surface area contributed by atoms with Gasteiger partial charge in [-0.15, -0.1) is 0 Å². The molecule has 0 N–H and O–H groups in total. The van der Waals surface area contributed by atoms with Gasteiger partial charge in [-0.05, 0) is 60.4 Å². The standard InChI is InChI=1S/C26H34N2O4/c1-20(2)19-32-24-12-6-21(18-25(24)31-4)7-13-26(29)28-15-5-14-27(16-17-28)22-8-10-23(30-3)11-9-22/h6-13,18,20H,5,14-17,19H2,1-4H3/b13-7+. The first-order valence-electron chi connectivity index (χ1n) is 11.2. The predicted molar refractivity (Wildman–Crippen MR) is 129 cm³/mol. The Morgan fingerprint density at radius 2 is 1.75 bits per heavy atom. The summed E-state index contributed by atoms with van der Waals surface area (Å²) in [6.45, 7) is 8.02. The number of nitrogens with zero attached hydrogens (tertiary/aromatic N) is 2. The number of hydrogen-bond acceptors (Lipinski definition) is 5. The van der Waals surface area contributed by atoms with Gasteiger partial charge in [-0.1, -0.05) is 19.9 Å². The molecule has 6 nitrogen and oxygen atoms in total. The lowest BCUT2D eigenvalue weighted by atomic mass is 10.1. The Balaban J connectivity index is 1.59. The lowest BCUT2D eigenvalue weighted by Crippen LogP contribution is -2.34. The molecule has 0 atom stereocenters. The second-order valence-electron chi connectivity index (χ2n) is 8.31. The molecule has 32 heavy (non-hydrogen) atoms. The Hall–Kier alpha value is -3.15. The lowest BCUT2D eigenvalue weighted by Gasteiger charge is -2.23. The molecule has 0 aliphatic carbocycles. The topological polar surface area (TPSA) is 51.2 Å². The van der Waals surface area contributed by atoms with Crippen molar-refractivity contribution in [2.24, 2.45) is 5.92 Å². The van der Waals surface area contributed by atoms with Crippen molar-refractivity contribution < 1.29 is 19.0 Å². The highest BCUT2D eigenvalue weighted by Crippen LogP contribution is 2.29. The van der Waals surface area contributed by atoms with Gasteiger partial charge < -0.3 is 24.0 Å². The average Bonchev–Trinajstić information content (AvgIpc) is 3.08. The van der Waals surface area contributed by atoms with Gasteiger partial charge in [-0.25, -0.2) is 0 Å². The summed E-state index contributed by atoms with van der Waals surface area (Å²) < 4.78 is 16.5. The van der Waals surface area contributed by atoms with Crippen molar-refractivity contribution in [1.29, 1.82) is 0 Å². The van der Waals surface area contributed by atoms with E-state index in [4.69, 9.17) is 14.2 Å². The summed E-state index contributed by atoms with van der Waals surface area (Å²) in [6, 6.07) is 13.8. The second-order valence-corrected chi connectivity index (χ2v) is 8.31. The van der Waals surface area contributed by atoms with E-state index in [9.17, 15) is 4.79 Å². The third kappa shape index (κ3) is 6.42. The van der Waals surface area contributed by atoms with Crippen molar-refractivity contribution in [3.63, 3.8) is 0 Å². The van der Waals surface area contributed by atoms with Crippen LogP contribution in [0.5, 0.6) is 17.2 Å². The molecule has 2 aromatic rings. The van der Waals surface area contributed by atoms with E-state index in [2.05, 4.69) is 30.9 Å². The van der Waals surface area contributed by atoms with E-state index in [1.165, 1.54) is 0 Å². The van der Waals surface area contributed by atoms with Crippen molar-refractivity contribution in [1.82, 2.24) is 4.90 Å². The van der Waals surface area contributed by atoms with Crippen molar-refractivity contribution >= 4 is 17.7 Å². The summed E-state index contributed by atoms with van der Waals surface area (Å²) in [5, 5.41) is 0. The van der Waals surface area contributed by atoms with E-state index >= 15 is 0 Å². The zero-order valence-electron chi connectivity index (χ0n) is 19.5. The Bertz CT molecular complexity index is 909. The minimum absolute atomic E-state index is 0.0284. The maximum Gasteiger partial charge on any atom is 0.246 e. The third-order valence-corrected chi connectivity index (χ3v) is 5.42. The molecule has 1 aliphatic rings. The van der Waals surface area contributed by atoms with Crippen LogP contribution < -0.4 is 19.1 Å². The van der Waals surface area contributed by atoms with Gasteiger partial charge in [-0.3, -0.25) is 4.79 Å². The summed E-state index contributed by atoms with van der Waals surface area (Å²) in [5.74, 6) is 2.70. The summed E-state index contributed by atoms with van der Waals surface area (Å²) >= 11 is 0. The highest BCUT2D eigenvalue weighted by molar-refractivity contribution is 5.92. The molecule has 0 bridgehead atoms. The average molecular weight is 439 g/mol. The van der Waals surface area contributed by atoms with Gasteiger partial charge in [0.05, 0.1) is 20.8 Å². The largest absolute Gasteiger partial charge is 0.497 e. The van der Waals surface area contributed by atoms with Crippen LogP contribution in [0.2, 0.25) is 0 Å². The van der Waals surface area contributed by atoms with Crippen molar-refractivity contribution in [3.05, 3.63) is 54.1 Å². The number of benzene rings is 2. The van der Waals surface area contributed by atoms with Gasteiger partial charge in [-0.2, -0.15) is 0 Å². The first kappa shape index (κ1) is 23.5. The van der Waals surface area contributed by atoms with Crippen LogP contribution in [0.3, 0.4) is 0 Å². The summed E-state index contributed by atoms with van der Waals surface area (Å²) in [6.07, 6.45) is 4.41. The highest BCUT2D eigenvalue weighted by atomic mass is 16.5. The van der Waals surface area contributed by atoms with E-state index in [1.807, 2.05) is 41.3 Å². The Labute approximate surface area is 191 Å². The number of methoxy groups -OCH3 is 2. The van der Waals surface area contributed by atoms with Gasteiger partial charge in [0.25, 0.3) is 0 Å². The van der Waals surface area contributed by atoms with Crippen LogP contribution in [0.4, 0.5) is 5.69 Å². The molecule has 1 fully saturated rings. The molecule has 1 aliphatic heterocycles. The SMILES string of the molecule is COc1ccc(N2CCCN(C(=O)/C=C/c3ccc(OCC(C)C)c(OC)c3)CC2)cc1. The Morgan fingerprint density at radius 1 is 0.969 bits per heavy atom. The number of anilines is 1. The molecule has 1 amide bonds. The smallest absolute Gasteiger partial charge is 0.246 e. The van der Waals surface area contributed by atoms with Gasteiger partial charge >= 0.3 is 0 Å². The minimum atomic E-state index is 0.0284. The number of rotatable bonds is 8. The van der Waals surface area contributed by atoms with E-state index in [0.29, 0.717) is 24.8 Å². The molecule has 0 aromatic heterocycles. The molecular formula is C26H34N2O4.